The minimum Gasteiger partial charge on any atom is -0.384 e. The smallest absolute Gasteiger partial charge is 0.125 e. The van der Waals surface area contributed by atoms with Crippen LogP contribution < -0.4 is 10.6 Å². The Bertz CT molecular complexity index is 441. The van der Waals surface area contributed by atoms with Crippen molar-refractivity contribution >= 4 is 11.5 Å². The highest BCUT2D eigenvalue weighted by atomic mass is 19.1. The predicted octanol–water partition coefficient (Wildman–Crippen LogP) is 2.88. The number of anilines is 1. The second-order valence-corrected chi connectivity index (χ2v) is 4.85. The van der Waals surface area contributed by atoms with Crippen LogP contribution in [0, 0.1) is 11.2 Å². The minimum absolute atomic E-state index is 0.0633. The van der Waals surface area contributed by atoms with E-state index in [1.54, 1.807) is 6.07 Å². The zero-order valence-electron chi connectivity index (χ0n) is 10.7. The largest absolute Gasteiger partial charge is 0.384 e. The number of halogens is 1. The zero-order chi connectivity index (χ0) is 13.1. The van der Waals surface area contributed by atoms with Gasteiger partial charge >= 0.3 is 0 Å². The number of rotatable bonds is 6. The van der Waals surface area contributed by atoms with E-state index in [1.807, 2.05) is 0 Å². The van der Waals surface area contributed by atoms with E-state index in [4.69, 9.17) is 11.1 Å². The summed E-state index contributed by atoms with van der Waals surface area (Å²) in [7, 11) is 0. The highest BCUT2D eigenvalue weighted by Gasteiger charge is 2.30. The van der Waals surface area contributed by atoms with Crippen molar-refractivity contribution in [2.75, 3.05) is 11.4 Å². The second-order valence-electron chi connectivity index (χ2n) is 4.85. The SMILES string of the molecule is CCCCN(c1ccc(F)cc1C(=N)N)C1CC1. The second kappa shape index (κ2) is 5.38. The summed E-state index contributed by atoms with van der Waals surface area (Å²) in [5.41, 5.74) is 6.98. The van der Waals surface area contributed by atoms with Gasteiger partial charge in [0.25, 0.3) is 0 Å². The number of nitrogens with two attached hydrogens (primary N) is 1. The van der Waals surface area contributed by atoms with Crippen LogP contribution in [0.2, 0.25) is 0 Å². The maximum atomic E-state index is 13.3. The minimum atomic E-state index is -0.338. The van der Waals surface area contributed by atoms with E-state index in [-0.39, 0.29) is 11.7 Å². The van der Waals surface area contributed by atoms with Crippen molar-refractivity contribution in [1.82, 2.24) is 0 Å². The Labute approximate surface area is 107 Å². The average Bonchev–Trinajstić information content (AvgIpc) is 3.15. The van der Waals surface area contributed by atoms with E-state index in [9.17, 15) is 4.39 Å². The maximum absolute atomic E-state index is 13.3. The molecule has 1 aromatic rings. The van der Waals surface area contributed by atoms with Crippen molar-refractivity contribution in [1.29, 1.82) is 5.41 Å². The molecule has 0 unspecified atom stereocenters. The lowest BCUT2D eigenvalue weighted by atomic mass is 10.1. The van der Waals surface area contributed by atoms with Gasteiger partial charge < -0.3 is 10.6 Å². The fraction of sp³-hybridized carbons (Fsp3) is 0.500. The van der Waals surface area contributed by atoms with Crippen LogP contribution in [0.5, 0.6) is 0 Å². The third-order valence-electron chi connectivity index (χ3n) is 3.30. The molecule has 3 nitrogen and oxygen atoms in total. The monoisotopic (exact) mass is 249 g/mol. The van der Waals surface area contributed by atoms with Gasteiger partial charge in [-0.3, -0.25) is 5.41 Å². The number of nitrogens with zero attached hydrogens (tertiary/aromatic N) is 1. The van der Waals surface area contributed by atoms with Crippen molar-refractivity contribution in [3.63, 3.8) is 0 Å². The Morgan fingerprint density at radius 2 is 2.22 bits per heavy atom. The predicted molar refractivity (Wildman–Crippen MR) is 72.7 cm³/mol. The molecule has 1 aliphatic carbocycles. The average molecular weight is 249 g/mol. The lowest BCUT2D eigenvalue weighted by Crippen LogP contribution is -2.29. The Kier molecular flexibility index (Phi) is 3.84. The van der Waals surface area contributed by atoms with Crippen LogP contribution in [0.3, 0.4) is 0 Å². The number of hydrogen-bond acceptors (Lipinski definition) is 2. The molecule has 18 heavy (non-hydrogen) atoms. The molecule has 4 heteroatoms. The third kappa shape index (κ3) is 2.81. The van der Waals surface area contributed by atoms with Crippen LogP contribution in [-0.4, -0.2) is 18.4 Å². The summed E-state index contributed by atoms with van der Waals surface area (Å²) < 4.78 is 13.3. The standard InChI is InChI=1S/C14H20FN3/c1-2-3-8-18(11-5-6-11)13-7-4-10(15)9-12(13)14(16)17/h4,7,9,11H,2-3,5-6,8H2,1H3,(H3,16,17). The summed E-state index contributed by atoms with van der Waals surface area (Å²) in [6, 6.07) is 5.10. The van der Waals surface area contributed by atoms with Gasteiger partial charge in [0.1, 0.15) is 11.7 Å². The Morgan fingerprint density at radius 1 is 1.50 bits per heavy atom. The van der Waals surface area contributed by atoms with E-state index < -0.39 is 0 Å². The van der Waals surface area contributed by atoms with Crippen molar-refractivity contribution in [2.45, 2.75) is 38.6 Å². The normalized spacial score (nSPS) is 14.6. The first-order valence-electron chi connectivity index (χ1n) is 6.54. The Morgan fingerprint density at radius 3 is 2.78 bits per heavy atom. The summed E-state index contributed by atoms with van der Waals surface area (Å²) in [6.45, 7) is 3.11. The summed E-state index contributed by atoms with van der Waals surface area (Å²) in [4.78, 5) is 2.28. The van der Waals surface area contributed by atoms with Crippen LogP contribution >= 0.6 is 0 Å². The zero-order valence-corrected chi connectivity index (χ0v) is 10.7. The lowest BCUT2D eigenvalue weighted by molar-refractivity contribution is 0.626. The number of nitrogen functional groups attached to an aromatic ring is 1. The molecule has 98 valence electrons. The summed E-state index contributed by atoms with van der Waals surface area (Å²) in [5.74, 6) is -0.401. The van der Waals surface area contributed by atoms with Gasteiger partial charge in [-0.25, -0.2) is 4.39 Å². The molecular weight excluding hydrogens is 229 g/mol. The van der Waals surface area contributed by atoms with E-state index in [1.165, 1.54) is 25.0 Å². The fourth-order valence-corrected chi connectivity index (χ4v) is 2.19. The van der Waals surface area contributed by atoms with Crippen molar-refractivity contribution < 1.29 is 4.39 Å². The number of amidine groups is 1. The maximum Gasteiger partial charge on any atom is 0.125 e. The van der Waals surface area contributed by atoms with Crippen LogP contribution in [0.25, 0.3) is 0 Å². The van der Waals surface area contributed by atoms with E-state index in [2.05, 4.69) is 11.8 Å². The molecule has 2 rings (SSSR count). The molecule has 1 aromatic carbocycles. The van der Waals surface area contributed by atoms with Gasteiger partial charge in [-0.2, -0.15) is 0 Å². The van der Waals surface area contributed by atoms with Gasteiger partial charge in [0, 0.05) is 23.8 Å². The molecule has 0 aromatic heterocycles. The molecule has 0 saturated heterocycles. The molecule has 0 atom stereocenters. The van der Waals surface area contributed by atoms with Crippen LogP contribution in [0.15, 0.2) is 18.2 Å². The Hall–Kier alpha value is -1.58. The van der Waals surface area contributed by atoms with Gasteiger partial charge in [-0.1, -0.05) is 13.3 Å². The van der Waals surface area contributed by atoms with Crippen LogP contribution in [-0.2, 0) is 0 Å². The number of benzene rings is 1. The van der Waals surface area contributed by atoms with Crippen LogP contribution in [0.4, 0.5) is 10.1 Å². The first kappa shape index (κ1) is 12.9. The van der Waals surface area contributed by atoms with E-state index in [0.717, 1.165) is 25.1 Å². The molecule has 0 aliphatic heterocycles. The molecule has 0 radical (unpaired) electrons. The molecule has 0 amide bonds. The fourth-order valence-electron chi connectivity index (χ4n) is 2.19. The van der Waals surface area contributed by atoms with Gasteiger partial charge in [-0.15, -0.1) is 0 Å². The molecular formula is C14H20FN3. The summed E-state index contributed by atoms with van der Waals surface area (Å²) >= 11 is 0. The Balaban J connectivity index is 2.30. The number of nitrogens with one attached hydrogen (secondary N) is 1. The lowest BCUT2D eigenvalue weighted by Gasteiger charge is -2.26. The summed E-state index contributed by atoms with van der Waals surface area (Å²) in [6.07, 6.45) is 4.59. The molecule has 3 N–H and O–H groups in total. The van der Waals surface area contributed by atoms with Gasteiger partial charge in [0.15, 0.2) is 0 Å². The molecule has 0 heterocycles. The molecule has 1 aliphatic rings. The first-order chi connectivity index (χ1) is 8.63. The third-order valence-corrected chi connectivity index (χ3v) is 3.30. The highest BCUT2D eigenvalue weighted by molar-refractivity contribution is 6.00. The van der Waals surface area contributed by atoms with Gasteiger partial charge in [0.05, 0.1) is 0 Å². The van der Waals surface area contributed by atoms with Crippen molar-refractivity contribution in [2.24, 2.45) is 5.73 Å². The molecule has 0 bridgehead atoms. The van der Waals surface area contributed by atoms with Crippen molar-refractivity contribution in [3.8, 4) is 0 Å². The van der Waals surface area contributed by atoms with E-state index >= 15 is 0 Å². The number of unbranched alkanes of at least 4 members (excludes halogenated alkanes) is 1. The summed E-state index contributed by atoms with van der Waals surface area (Å²) in [5, 5.41) is 7.59. The molecule has 1 saturated carbocycles. The van der Waals surface area contributed by atoms with Gasteiger partial charge in [-0.05, 0) is 37.5 Å². The highest BCUT2D eigenvalue weighted by Crippen LogP contribution is 2.34. The topological polar surface area (TPSA) is 53.1 Å². The van der Waals surface area contributed by atoms with Crippen LogP contribution in [0.1, 0.15) is 38.2 Å². The first-order valence-corrected chi connectivity index (χ1v) is 6.54. The molecule has 0 spiro atoms. The quantitative estimate of drug-likeness (QED) is 0.601. The number of hydrogen-bond donors (Lipinski definition) is 2. The molecule has 1 fully saturated rings. The van der Waals surface area contributed by atoms with Gasteiger partial charge in [0.2, 0.25) is 0 Å². The van der Waals surface area contributed by atoms with E-state index in [0.29, 0.717) is 11.6 Å². The van der Waals surface area contributed by atoms with Crippen molar-refractivity contribution in [3.05, 3.63) is 29.6 Å².